The van der Waals surface area contributed by atoms with E-state index in [1.54, 1.807) is 0 Å². The maximum atomic E-state index is 12.6. The van der Waals surface area contributed by atoms with Crippen LogP contribution in [0, 0.1) is 6.92 Å². The molecule has 0 saturated carbocycles. The van der Waals surface area contributed by atoms with Crippen LogP contribution in [-0.4, -0.2) is 64.5 Å². The summed E-state index contributed by atoms with van der Waals surface area (Å²) >= 11 is 0. The van der Waals surface area contributed by atoms with Gasteiger partial charge < -0.3 is 15.0 Å². The summed E-state index contributed by atoms with van der Waals surface area (Å²) in [6, 6.07) is 6.45. The number of likely N-dealkylation sites (tertiary alicyclic amines) is 1. The number of hydrogen-bond acceptors (Lipinski definition) is 3. The first-order chi connectivity index (χ1) is 11.9. The van der Waals surface area contributed by atoms with Crippen molar-refractivity contribution >= 4 is 22.8 Å². The van der Waals surface area contributed by atoms with E-state index in [0.29, 0.717) is 19.5 Å². The quantitative estimate of drug-likeness (QED) is 0.871. The van der Waals surface area contributed by atoms with Gasteiger partial charge in [-0.2, -0.15) is 0 Å². The van der Waals surface area contributed by atoms with Gasteiger partial charge in [-0.05, 0) is 44.0 Å². The third kappa shape index (κ3) is 4.02. The van der Waals surface area contributed by atoms with Crippen molar-refractivity contribution in [2.75, 3.05) is 26.7 Å². The second kappa shape index (κ2) is 7.27. The van der Waals surface area contributed by atoms with Gasteiger partial charge in [0, 0.05) is 36.2 Å². The van der Waals surface area contributed by atoms with Gasteiger partial charge in [-0.25, -0.2) is 0 Å². The number of rotatable bonds is 5. The zero-order valence-corrected chi connectivity index (χ0v) is 14.8. The van der Waals surface area contributed by atoms with E-state index in [1.165, 1.54) is 5.56 Å². The molecular formula is C19H25N3O3. The number of aryl methyl sites for hydroxylation is 1. The number of fused-ring (bicyclic) bond motifs is 1. The lowest BCUT2D eigenvalue weighted by atomic mass is 10.0. The summed E-state index contributed by atoms with van der Waals surface area (Å²) < 4.78 is 0. The van der Waals surface area contributed by atoms with Gasteiger partial charge in [0.25, 0.3) is 0 Å². The van der Waals surface area contributed by atoms with Gasteiger partial charge in [0.2, 0.25) is 5.91 Å². The molecule has 25 heavy (non-hydrogen) atoms. The standard InChI is InChI=1S/C19H25N3O3/c1-13-3-4-16-14(11-20-17(16)9-13)10-18(23)22-7-5-15(6-8-22)21(2)12-19(24)25/h3-4,9,11,15,20H,5-8,10,12H2,1-2H3,(H,24,25). The second-order valence-electron chi connectivity index (χ2n) is 6.96. The van der Waals surface area contributed by atoms with Crippen LogP contribution < -0.4 is 0 Å². The van der Waals surface area contributed by atoms with Gasteiger partial charge in [0.05, 0.1) is 13.0 Å². The van der Waals surface area contributed by atoms with Crippen molar-refractivity contribution in [2.45, 2.75) is 32.2 Å². The predicted octanol–water partition coefficient (Wildman–Crippen LogP) is 2.03. The number of carboxylic acids is 1. The van der Waals surface area contributed by atoms with Crippen LogP contribution in [0.25, 0.3) is 10.9 Å². The number of carbonyl (C=O) groups is 2. The maximum absolute atomic E-state index is 12.6. The van der Waals surface area contributed by atoms with E-state index in [0.717, 1.165) is 29.3 Å². The largest absolute Gasteiger partial charge is 0.480 e. The number of carboxylic acid groups (broad SMARTS) is 1. The molecule has 6 nitrogen and oxygen atoms in total. The zero-order valence-electron chi connectivity index (χ0n) is 14.8. The predicted molar refractivity (Wildman–Crippen MR) is 96.6 cm³/mol. The molecule has 1 aliphatic heterocycles. The van der Waals surface area contributed by atoms with Gasteiger partial charge in [-0.15, -0.1) is 0 Å². The number of aromatic nitrogens is 1. The van der Waals surface area contributed by atoms with Crippen molar-refractivity contribution in [1.82, 2.24) is 14.8 Å². The summed E-state index contributed by atoms with van der Waals surface area (Å²) in [5, 5.41) is 10.00. The molecule has 2 heterocycles. The van der Waals surface area contributed by atoms with E-state index in [1.807, 2.05) is 23.0 Å². The molecule has 134 valence electrons. The maximum Gasteiger partial charge on any atom is 0.317 e. The number of nitrogens with one attached hydrogen (secondary N) is 1. The highest BCUT2D eigenvalue weighted by molar-refractivity contribution is 5.89. The van der Waals surface area contributed by atoms with E-state index in [9.17, 15) is 9.59 Å². The molecule has 3 rings (SSSR count). The van der Waals surface area contributed by atoms with Gasteiger partial charge in [0.1, 0.15) is 0 Å². The number of carbonyl (C=O) groups excluding carboxylic acids is 1. The number of aliphatic carboxylic acids is 1. The van der Waals surface area contributed by atoms with Crippen molar-refractivity contribution in [3.63, 3.8) is 0 Å². The molecule has 0 radical (unpaired) electrons. The van der Waals surface area contributed by atoms with Crippen molar-refractivity contribution in [1.29, 1.82) is 0 Å². The van der Waals surface area contributed by atoms with Gasteiger partial charge in [0.15, 0.2) is 0 Å². The lowest BCUT2D eigenvalue weighted by molar-refractivity contribution is -0.139. The fraction of sp³-hybridized carbons (Fsp3) is 0.474. The monoisotopic (exact) mass is 343 g/mol. The number of likely N-dealkylation sites (N-methyl/N-ethyl adjacent to an activating group) is 1. The number of nitrogens with zero attached hydrogens (tertiary/aromatic N) is 2. The molecule has 0 aliphatic carbocycles. The minimum absolute atomic E-state index is 0.0490. The molecule has 1 fully saturated rings. The van der Waals surface area contributed by atoms with Crippen LogP contribution in [-0.2, 0) is 16.0 Å². The average molecular weight is 343 g/mol. The first kappa shape index (κ1) is 17.5. The SMILES string of the molecule is Cc1ccc2c(CC(=O)N3CCC(N(C)CC(=O)O)CC3)c[nH]c2c1. The van der Waals surface area contributed by atoms with Crippen molar-refractivity contribution in [3.8, 4) is 0 Å². The molecule has 0 atom stereocenters. The van der Waals surface area contributed by atoms with Gasteiger partial charge >= 0.3 is 5.97 Å². The van der Waals surface area contributed by atoms with Crippen LogP contribution in [0.4, 0.5) is 0 Å². The lowest BCUT2D eigenvalue weighted by Gasteiger charge is -2.36. The van der Waals surface area contributed by atoms with E-state index in [-0.39, 0.29) is 18.5 Å². The summed E-state index contributed by atoms with van der Waals surface area (Å²) in [6.07, 6.45) is 3.97. The van der Waals surface area contributed by atoms with E-state index < -0.39 is 5.97 Å². The number of amides is 1. The number of piperidine rings is 1. The Labute approximate surface area is 147 Å². The summed E-state index contributed by atoms with van der Waals surface area (Å²) in [7, 11) is 1.84. The van der Waals surface area contributed by atoms with Crippen molar-refractivity contribution in [3.05, 3.63) is 35.5 Å². The fourth-order valence-electron chi connectivity index (χ4n) is 3.62. The minimum atomic E-state index is -0.810. The van der Waals surface area contributed by atoms with E-state index in [4.69, 9.17) is 5.11 Å². The smallest absolute Gasteiger partial charge is 0.317 e. The molecule has 2 aromatic rings. The first-order valence-corrected chi connectivity index (χ1v) is 8.70. The molecule has 1 amide bonds. The van der Waals surface area contributed by atoms with Crippen LogP contribution >= 0.6 is 0 Å². The topological polar surface area (TPSA) is 76.6 Å². The van der Waals surface area contributed by atoms with Crippen LogP contribution in [0.3, 0.4) is 0 Å². The van der Waals surface area contributed by atoms with Crippen LogP contribution in [0.15, 0.2) is 24.4 Å². The Morgan fingerprint density at radius 2 is 2.04 bits per heavy atom. The number of aromatic amines is 1. The lowest BCUT2D eigenvalue weighted by Crippen LogP contribution is -2.47. The molecule has 0 spiro atoms. The summed E-state index contributed by atoms with van der Waals surface area (Å²) in [5.41, 5.74) is 3.29. The van der Waals surface area contributed by atoms with E-state index >= 15 is 0 Å². The number of benzene rings is 1. The highest BCUT2D eigenvalue weighted by Crippen LogP contribution is 2.22. The zero-order chi connectivity index (χ0) is 18.0. The molecule has 1 saturated heterocycles. The van der Waals surface area contributed by atoms with Crippen LogP contribution in [0.2, 0.25) is 0 Å². The van der Waals surface area contributed by atoms with Crippen molar-refractivity contribution < 1.29 is 14.7 Å². The minimum Gasteiger partial charge on any atom is -0.480 e. The first-order valence-electron chi connectivity index (χ1n) is 8.70. The van der Waals surface area contributed by atoms with Crippen molar-refractivity contribution in [2.24, 2.45) is 0 Å². The Balaban J connectivity index is 1.58. The highest BCUT2D eigenvalue weighted by atomic mass is 16.4. The third-order valence-electron chi connectivity index (χ3n) is 5.09. The van der Waals surface area contributed by atoms with Gasteiger partial charge in [-0.1, -0.05) is 12.1 Å². The molecule has 0 unspecified atom stereocenters. The molecule has 0 bridgehead atoms. The summed E-state index contributed by atoms with van der Waals surface area (Å²) in [5.74, 6) is -0.670. The normalized spacial score (nSPS) is 15.9. The summed E-state index contributed by atoms with van der Waals surface area (Å²) in [6.45, 7) is 3.48. The van der Waals surface area contributed by atoms with Crippen LogP contribution in [0.5, 0.6) is 0 Å². The molecule has 1 aromatic carbocycles. The molecule has 6 heteroatoms. The Bertz CT molecular complexity index is 775. The Kier molecular flexibility index (Phi) is 5.08. The Hall–Kier alpha value is -2.34. The average Bonchev–Trinajstić information content (AvgIpc) is 2.96. The van der Waals surface area contributed by atoms with Crippen LogP contribution in [0.1, 0.15) is 24.0 Å². The Morgan fingerprint density at radius 1 is 1.32 bits per heavy atom. The third-order valence-corrected chi connectivity index (χ3v) is 5.09. The second-order valence-corrected chi connectivity index (χ2v) is 6.96. The molecular weight excluding hydrogens is 318 g/mol. The molecule has 1 aromatic heterocycles. The van der Waals surface area contributed by atoms with Gasteiger partial charge in [-0.3, -0.25) is 14.5 Å². The highest BCUT2D eigenvalue weighted by Gasteiger charge is 2.26. The fourth-order valence-corrected chi connectivity index (χ4v) is 3.62. The summed E-state index contributed by atoms with van der Waals surface area (Å²) in [4.78, 5) is 30.5. The van der Waals surface area contributed by atoms with E-state index in [2.05, 4.69) is 30.1 Å². The molecule has 2 N–H and O–H groups in total. The number of hydrogen-bond donors (Lipinski definition) is 2. The number of H-pyrrole nitrogens is 1. The molecule has 1 aliphatic rings. The Morgan fingerprint density at radius 3 is 2.72 bits per heavy atom.